The van der Waals surface area contributed by atoms with Crippen LogP contribution in [0.1, 0.15) is 15.9 Å². The maximum absolute atomic E-state index is 12.0. The number of rotatable bonds is 6. The standard InChI is InChI=1S/C18H11N3O5/c19-10-14(17(22)11-20)9-12-1-7-16(8-2-12)26-18(23)13-3-5-15(6-4-13)21(24)25/h1-9,11,20H. The zero-order valence-corrected chi connectivity index (χ0v) is 13.2. The molecule has 0 saturated carbocycles. The smallest absolute Gasteiger partial charge is 0.343 e. The molecule has 0 aliphatic carbocycles. The third-order valence-corrected chi connectivity index (χ3v) is 3.23. The quantitative estimate of drug-likeness (QED) is 0.162. The van der Waals surface area contributed by atoms with Gasteiger partial charge in [-0.2, -0.15) is 5.26 Å². The number of nitrogens with zero attached hydrogens (tertiary/aromatic N) is 2. The van der Waals surface area contributed by atoms with E-state index in [4.69, 9.17) is 15.4 Å². The maximum Gasteiger partial charge on any atom is 0.343 e. The molecular weight excluding hydrogens is 338 g/mol. The summed E-state index contributed by atoms with van der Waals surface area (Å²) < 4.78 is 5.16. The average molecular weight is 349 g/mol. The van der Waals surface area contributed by atoms with Gasteiger partial charge in [0, 0.05) is 12.1 Å². The second-order valence-corrected chi connectivity index (χ2v) is 4.94. The molecule has 0 aliphatic rings. The Hall–Kier alpha value is -4.12. The van der Waals surface area contributed by atoms with Gasteiger partial charge in [-0.25, -0.2) is 4.79 Å². The molecule has 0 heterocycles. The van der Waals surface area contributed by atoms with Crippen molar-refractivity contribution in [2.24, 2.45) is 0 Å². The number of nitrogens with one attached hydrogen (secondary N) is 1. The molecule has 0 spiro atoms. The Morgan fingerprint density at radius 1 is 1.12 bits per heavy atom. The fourth-order valence-electron chi connectivity index (χ4n) is 1.92. The zero-order chi connectivity index (χ0) is 19.1. The topological polar surface area (TPSA) is 134 Å². The largest absolute Gasteiger partial charge is 0.423 e. The van der Waals surface area contributed by atoms with Crippen LogP contribution in [0.2, 0.25) is 0 Å². The van der Waals surface area contributed by atoms with E-state index in [1.807, 2.05) is 0 Å². The Labute approximate surface area is 147 Å². The molecular formula is C18H11N3O5. The number of hydrogen-bond acceptors (Lipinski definition) is 7. The number of benzene rings is 2. The van der Waals surface area contributed by atoms with Crippen molar-refractivity contribution in [2.45, 2.75) is 0 Å². The van der Waals surface area contributed by atoms with Crippen LogP contribution in [0.25, 0.3) is 6.08 Å². The van der Waals surface area contributed by atoms with E-state index in [1.54, 1.807) is 6.07 Å². The van der Waals surface area contributed by atoms with Crippen molar-refractivity contribution in [1.29, 1.82) is 10.7 Å². The van der Waals surface area contributed by atoms with Crippen molar-refractivity contribution in [3.8, 4) is 11.8 Å². The van der Waals surface area contributed by atoms with E-state index in [0.29, 0.717) is 11.8 Å². The highest BCUT2D eigenvalue weighted by Crippen LogP contribution is 2.18. The van der Waals surface area contributed by atoms with E-state index < -0.39 is 16.7 Å². The Morgan fingerprint density at radius 3 is 2.23 bits per heavy atom. The maximum atomic E-state index is 12.0. The summed E-state index contributed by atoms with van der Waals surface area (Å²) in [4.78, 5) is 33.4. The lowest BCUT2D eigenvalue weighted by Crippen LogP contribution is -2.08. The fraction of sp³-hybridized carbons (Fsp3) is 0. The molecule has 0 bridgehead atoms. The monoisotopic (exact) mass is 349 g/mol. The molecule has 2 aromatic rings. The highest BCUT2D eigenvalue weighted by Gasteiger charge is 2.11. The van der Waals surface area contributed by atoms with Gasteiger partial charge in [0.25, 0.3) is 5.69 Å². The number of Topliss-reactive ketones (excluding diaryl/α,β-unsaturated/α-hetero) is 1. The molecule has 0 aliphatic heterocycles. The number of non-ortho nitro benzene ring substituents is 1. The van der Waals surface area contributed by atoms with Crippen LogP contribution in [0.5, 0.6) is 5.75 Å². The summed E-state index contributed by atoms with van der Waals surface area (Å²) in [6.45, 7) is 0. The zero-order valence-electron chi connectivity index (χ0n) is 13.2. The number of nitro groups is 1. The number of allylic oxidation sites excluding steroid dienone is 1. The predicted molar refractivity (Wildman–Crippen MR) is 91.9 cm³/mol. The number of ketones is 1. The molecule has 8 heteroatoms. The molecule has 0 radical (unpaired) electrons. The lowest BCUT2D eigenvalue weighted by atomic mass is 10.1. The van der Waals surface area contributed by atoms with Crippen LogP contribution in [0, 0.1) is 26.9 Å². The minimum absolute atomic E-state index is 0.134. The average Bonchev–Trinajstić information content (AvgIpc) is 2.66. The first-order chi connectivity index (χ1) is 12.4. The van der Waals surface area contributed by atoms with Crippen LogP contribution in [0.4, 0.5) is 5.69 Å². The SMILES string of the molecule is N#CC(=Cc1ccc(OC(=O)c2ccc([N+](=O)[O-])cc2)cc1)C(=O)C=N. The summed E-state index contributed by atoms with van der Waals surface area (Å²) in [6.07, 6.45) is 1.87. The van der Waals surface area contributed by atoms with E-state index in [1.165, 1.54) is 54.6 Å². The van der Waals surface area contributed by atoms with Gasteiger partial charge < -0.3 is 10.1 Å². The summed E-state index contributed by atoms with van der Waals surface area (Å²) in [5.41, 5.74) is 0.357. The van der Waals surface area contributed by atoms with Crippen molar-refractivity contribution in [2.75, 3.05) is 0 Å². The second kappa shape index (κ2) is 8.12. The van der Waals surface area contributed by atoms with Crippen molar-refractivity contribution >= 4 is 29.7 Å². The number of carbonyl (C=O) groups is 2. The molecule has 26 heavy (non-hydrogen) atoms. The first-order valence-electron chi connectivity index (χ1n) is 7.18. The van der Waals surface area contributed by atoms with Gasteiger partial charge in [-0.3, -0.25) is 14.9 Å². The molecule has 2 aromatic carbocycles. The highest BCUT2D eigenvalue weighted by molar-refractivity contribution is 6.36. The third-order valence-electron chi connectivity index (χ3n) is 3.23. The van der Waals surface area contributed by atoms with Gasteiger partial charge in [0.05, 0.1) is 16.7 Å². The minimum Gasteiger partial charge on any atom is -0.423 e. The molecule has 0 aromatic heterocycles. The van der Waals surface area contributed by atoms with Gasteiger partial charge in [-0.1, -0.05) is 12.1 Å². The highest BCUT2D eigenvalue weighted by atomic mass is 16.6. The van der Waals surface area contributed by atoms with E-state index >= 15 is 0 Å². The Morgan fingerprint density at radius 2 is 1.73 bits per heavy atom. The molecule has 128 valence electrons. The number of nitriles is 1. The van der Waals surface area contributed by atoms with Gasteiger partial charge in [-0.15, -0.1) is 0 Å². The lowest BCUT2D eigenvalue weighted by Gasteiger charge is -2.04. The molecule has 8 nitrogen and oxygen atoms in total. The van der Waals surface area contributed by atoms with Gasteiger partial charge in [-0.05, 0) is 35.9 Å². The first-order valence-corrected chi connectivity index (χ1v) is 7.18. The first kappa shape index (κ1) is 18.2. The molecule has 2 rings (SSSR count). The summed E-state index contributed by atoms with van der Waals surface area (Å²) in [6, 6.07) is 12.7. The number of esters is 1. The Kier molecular flexibility index (Phi) is 5.69. The van der Waals surface area contributed by atoms with Crippen molar-refractivity contribution in [1.82, 2.24) is 0 Å². The van der Waals surface area contributed by atoms with E-state index in [2.05, 4.69) is 0 Å². The fourth-order valence-corrected chi connectivity index (χ4v) is 1.92. The third kappa shape index (κ3) is 4.46. The van der Waals surface area contributed by atoms with Gasteiger partial charge in [0.2, 0.25) is 5.78 Å². The van der Waals surface area contributed by atoms with Crippen LogP contribution in [-0.2, 0) is 4.79 Å². The Balaban J connectivity index is 2.11. The normalized spacial score (nSPS) is 10.5. The van der Waals surface area contributed by atoms with E-state index in [9.17, 15) is 19.7 Å². The van der Waals surface area contributed by atoms with Crippen LogP contribution in [-0.4, -0.2) is 22.9 Å². The van der Waals surface area contributed by atoms with Crippen molar-refractivity contribution in [3.05, 3.63) is 75.3 Å². The molecule has 0 atom stereocenters. The van der Waals surface area contributed by atoms with Crippen molar-refractivity contribution in [3.63, 3.8) is 0 Å². The minimum atomic E-state index is -0.707. The van der Waals surface area contributed by atoms with Gasteiger partial charge >= 0.3 is 5.97 Å². The van der Waals surface area contributed by atoms with Gasteiger partial charge in [0.15, 0.2) is 0 Å². The predicted octanol–water partition coefficient (Wildman–Crippen LogP) is 2.94. The van der Waals surface area contributed by atoms with Gasteiger partial charge in [0.1, 0.15) is 17.4 Å². The summed E-state index contributed by atoms with van der Waals surface area (Å²) in [5, 5.41) is 26.4. The molecule has 0 amide bonds. The number of ether oxygens (including phenoxy) is 1. The lowest BCUT2D eigenvalue weighted by molar-refractivity contribution is -0.384. The van der Waals surface area contributed by atoms with Crippen LogP contribution >= 0.6 is 0 Å². The van der Waals surface area contributed by atoms with Crippen molar-refractivity contribution < 1.29 is 19.2 Å². The summed E-state index contributed by atoms with van der Waals surface area (Å²) in [7, 11) is 0. The molecule has 0 unspecified atom stereocenters. The number of hydrogen-bond donors (Lipinski definition) is 1. The summed E-state index contributed by atoms with van der Waals surface area (Å²) in [5.74, 6) is -1.16. The number of carbonyl (C=O) groups excluding carboxylic acids is 2. The molecule has 1 N–H and O–H groups in total. The van der Waals surface area contributed by atoms with E-state index in [0.717, 1.165) is 0 Å². The number of nitro benzene ring substituents is 1. The van der Waals surface area contributed by atoms with Crippen LogP contribution in [0.3, 0.4) is 0 Å². The second-order valence-electron chi connectivity index (χ2n) is 4.94. The molecule has 0 saturated heterocycles. The van der Waals surface area contributed by atoms with E-state index in [-0.39, 0.29) is 22.6 Å². The Bertz CT molecular complexity index is 938. The van der Waals surface area contributed by atoms with Crippen LogP contribution < -0.4 is 4.74 Å². The van der Waals surface area contributed by atoms with Crippen LogP contribution in [0.15, 0.2) is 54.1 Å². The molecule has 0 fully saturated rings. The summed E-state index contributed by atoms with van der Waals surface area (Å²) >= 11 is 0.